The molecule has 4 unspecified atom stereocenters. The number of carbonyl (C=O) groups is 2. The average molecular weight is 891 g/mol. The zero-order chi connectivity index (χ0) is 45.4. The average Bonchev–Trinajstić information content (AvgIpc) is 3.26. The van der Waals surface area contributed by atoms with Crippen LogP contribution in [-0.4, -0.2) is 142 Å². The normalized spacial score (nSPS) is 27.1. The Hall–Kier alpha value is -1.76. The number of esters is 2. The lowest BCUT2D eigenvalue weighted by molar-refractivity contribution is -0.332. The molecule has 0 aromatic rings. The lowest BCUT2D eigenvalue weighted by Crippen LogP contribution is -2.61. The molecule has 7 N–H and O–H groups in total. The Morgan fingerprint density at radius 1 is 0.500 bits per heavy atom. The number of rotatable bonds is 37. The van der Waals surface area contributed by atoms with Gasteiger partial charge >= 0.3 is 11.9 Å². The highest BCUT2D eigenvalue weighted by Crippen LogP contribution is 2.26. The summed E-state index contributed by atoms with van der Waals surface area (Å²) in [5.74, 6) is -0.924. The van der Waals surface area contributed by atoms with Crippen molar-refractivity contribution in [2.75, 3.05) is 26.4 Å². The molecule has 2 heterocycles. The van der Waals surface area contributed by atoms with Gasteiger partial charge in [0.15, 0.2) is 18.7 Å². The van der Waals surface area contributed by atoms with E-state index in [-0.39, 0.29) is 26.1 Å². The second-order valence-corrected chi connectivity index (χ2v) is 17.3. The Morgan fingerprint density at radius 3 is 1.44 bits per heavy atom. The van der Waals surface area contributed by atoms with E-state index in [1.165, 1.54) is 103 Å². The van der Waals surface area contributed by atoms with E-state index in [1.54, 1.807) is 0 Å². The molecule has 15 heteroatoms. The number of hydrogen-bond donors (Lipinski definition) is 7. The van der Waals surface area contributed by atoms with Crippen LogP contribution in [0.15, 0.2) is 12.2 Å². The van der Waals surface area contributed by atoms with Gasteiger partial charge in [-0.3, -0.25) is 9.59 Å². The topological polar surface area (TPSA) is 231 Å². The first-order valence-electron chi connectivity index (χ1n) is 24.3. The maximum Gasteiger partial charge on any atom is 0.306 e. The highest BCUT2D eigenvalue weighted by Gasteiger charge is 2.47. The molecule has 2 saturated heterocycles. The molecule has 2 aliphatic rings. The minimum Gasteiger partial charge on any atom is -0.462 e. The lowest BCUT2D eigenvalue weighted by atomic mass is 9.98. The summed E-state index contributed by atoms with van der Waals surface area (Å²) in [6.45, 7) is 2.55. The number of aliphatic hydroxyl groups excluding tert-OH is 7. The zero-order valence-electron chi connectivity index (χ0n) is 38.1. The zero-order valence-corrected chi connectivity index (χ0v) is 38.1. The minimum absolute atomic E-state index is 0.168. The van der Waals surface area contributed by atoms with E-state index in [4.69, 9.17) is 28.4 Å². The predicted molar refractivity (Wildman–Crippen MR) is 234 cm³/mol. The number of allylic oxidation sites excluding steroid dienone is 2. The molecule has 364 valence electrons. The van der Waals surface area contributed by atoms with Crippen molar-refractivity contribution in [1.29, 1.82) is 0 Å². The largest absolute Gasteiger partial charge is 0.462 e. The standard InChI is InChI=1S/C47H86O15/c1-3-5-7-9-11-13-14-15-16-17-18-19-20-22-23-25-27-29-38(49)57-32-35(60-39(50)30-28-26-24-21-12-10-8-6-4-2)33-58-46-45(56)43(54)41(52)37(62-46)34-59-47-44(55)42(53)40(51)36(31-48)61-47/h13-14,35-37,40-48,51-56H,3-12,15-34H2,1-2H3/b14-13+/t35-,36+,37+,40-,41-,42?,43?,44?,45?,46+,47+/m0/s1. The van der Waals surface area contributed by atoms with E-state index in [0.29, 0.717) is 12.8 Å². The van der Waals surface area contributed by atoms with Gasteiger partial charge in [-0.25, -0.2) is 0 Å². The molecule has 2 rings (SSSR count). The van der Waals surface area contributed by atoms with Crippen LogP contribution in [0, 0.1) is 0 Å². The molecule has 0 bridgehead atoms. The molecule has 2 fully saturated rings. The molecule has 11 atom stereocenters. The summed E-state index contributed by atoms with van der Waals surface area (Å²) in [7, 11) is 0. The Morgan fingerprint density at radius 2 is 0.919 bits per heavy atom. The van der Waals surface area contributed by atoms with Gasteiger partial charge in [-0.15, -0.1) is 0 Å². The van der Waals surface area contributed by atoms with E-state index in [0.717, 1.165) is 38.5 Å². The van der Waals surface area contributed by atoms with Gasteiger partial charge in [-0.2, -0.15) is 0 Å². The van der Waals surface area contributed by atoms with Crippen molar-refractivity contribution >= 4 is 11.9 Å². The van der Waals surface area contributed by atoms with Gasteiger partial charge in [0, 0.05) is 12.8 Å². The molecule has 0 aromatic carbocycles. The second-order valence-electron chi connectivity index (χ2n) is 17.3. The first-order valence-corrected chi connectivity index (χ1v) is 24.3. The molecule has 15 nitrogen and oxygen atoms in total. The van der Waals surface area contributed by atoms with Crippen molar-refractivity contribution in [3.05, 3.63) is 12.2 Å². The van der Waals surface area contributed by atoms with Gasteiger partial charge in [0.05, 0.1) is 19.8 Å². The summed E-state index contributed by atoms with van der Waals surface area (Å²) >= 11 is 0. The molecule has 0 aliphatic carbocycles. The minimum atomic E-state index is -1.76. The van der Waals surface area contributed by atoms with Gasteiger partial charge in [-0.05, 0) is 38.5 Å². The Kier molecular flexibility index (Phi) is 32.3. The quantitative estimate of drug-likeness (QED) is 0.0221. The first kappa shape index (κ1) is 56.4. The third kappa shape index (κ3) is 24.0. The Bertz CT molecular complexity index is 1140. The number of carbonyl (C=O) groups excluding carboxylic acids is 2. The molecule has 2 aliphatic heterocycles. The molecule has 62 heavy (non-hydrogen) atoms. The smallest absolute Gasteiger partial charge is 0.306 e. The van der Waals surface area contributed by atoms with Crippen molar-refractivity contribution in [2.45, 2.75) is 248 Å². The number of aliphatic hydroxyl groups is 7. The van der Waals surface area contributed by atoms with E-state index in [1.807, 2.05) is 0 Å². The van der Waals surface area contributed by atoms with Crippen LogP contribution in [0.3, 0.4) is 0 Å². The van der Waals surface area contributed by atoms with Gasteiger partial charge in [0.25, 0.3) is 0 Å². The Labute approximate surface area is 371 Å². The van der Waals surface area contributed by atoms with Crippen LogP contribution in [0.5, 0.6) is 0 Å². The van der Waals surface area contributed by atoms with Crippen LogP contribution in [-0.2, 0) is 38.0 Å². The summed E-state index contributed by atoms with van der Waals surface area (Å²) in [6.07, 6.45) is 15.5. The summed E-state index contributed by atoms with van der Waals surface area (Å²) in [5, 5.41) is 71.9. The van der Waals surface area contributed by atoms with Crippen molar-refractivity contribution in [3.63, 3.8) is 0 Å². The molecular weight excluding hydrogens is 805 g/mol. The second kappa shape index (κ2) is 35.5. The maximum atomic E-state index is 12.9. The number of hydrogen-bond acceptors (Lipinski definition) is 15. The fraction of sp³-hybridized carbons (Fsp3) is 0.915. The van der Waals surface area contributed by atoms with Crippen LogP contribution in [0.1, 0.15) is 181 Å². The van der Waals surface area contributed by atoms with Crippen LogP contribution >= 0.6 is 0 Å². The third-order valence-corrected chi connectivity index (χ3v) is 11.7. The monoisotopic (exact) mass is 891 g/mol. The van der Waals surface area contributed by atoms with Crippen molar-refractivity contribution in [1.82, 2.24) is 0 Å². The fourth-order valence-corrected chi connectivity index (χ4v) is 7.68. The highest BCUT2D eigenvalue weighted by atomic mass is 16.7. The summed E-state index contributed by atoms with van der Waals surface area (Å²) in [4.78, 5) is 25.6. The van der Waals surface area contributed by atoms with Crippen molar-refractivity contribution in [3.8, 4) is 0 Å². The summed E-state index contributed by atoms with van der Waals surface area (Å²) in [5.41, 5.74) is 0. The molecule has 0 radical (unpaired) electrons. The third-order valence-electron chi connectivity index (χ3n) is 11.7. The number of ether oxygens (including phenoxy) is 6. The lowest BCUT2D eigenvalue weighted by Gasteiger charge is -2.42. The highest BCUT2D eigenvalue weighted by molar-refractivity contribution is 5.70. The van der Waals surface area contributed by atoms with Crippen molar-refractivity contribution < 1.29 is 73.8 Å². The van der Waals surface area contributed by atoms with Crippen LogP contribution in [0.25, 0.3) is 0 Å². The Balaban J connectivity index is 1.80. The molecule has 0 aromatic heterocycles. The van der Waals surface area contributed by atoms with Crippen LogP contribution in [0.4, 0.5) is 0 Å². The molecule has 0 saturated carbocycles. The fourth-order valence-electron chi connectivity index (χ4n) is 7.68. The first-order chi connectivity index (χ1) is 30.0. The van der Waals surface area contributed by atoms with E-state index in [9.17, 15) is 45.3 Å². The van der Waals surface area contributed by atoms with Gasteiger partial charge in [0.2, 0.25) is 0 Å². The molecule has 0 spiro atoms. The summed E-state index contributed by atoms with van der Waals surface area (Å²) < 4.78 is 33.5. The van der Waals surface area contributed by atoms with E-state index in [2.05, 4.69) is 26.0 Å². The van der Waals surface area contributed by atoms with Crippen molar-refractivity contribution in [2.24, 2.45) is 0 Å². The molecule has 0 amide bonds. The maximum absolute atomic E-state index is 12.9. The number of unbranched alkanes of at least 4 members (excludes halogenated alkanes) is 21. The predicted octanol–water partition coefficient (Wildman–Crippen LogP) is 5.82. The summed E-state index contributed by atoms with van der Waals surface area (Å²) in [6, 6.07) is 0. The molecular formula is C47H86O15. The van der Waals surface area contributed by atoms with Gasteiger partial charge in [-0.1, -0.05) is 142 Å². The van der Waals surface area contributed by atoms with Gasteiger partial charge in [0.1, 0.15) is 55.4 Å². The van der Waals surface area contributed by atoms with Crippen LogP contribution < -0.4 is 0 Å². The van der Waals surface area contributed by atoms with Gasteiger partial charge < -0.3 is 64.2 Å². The SMILES string of the molecule is CCCCCC/C=C/CCCCCCCCCCCC(=O)OC[C@@H](CO[C@@H]1O[C@H](CO[C@@H]2O[C@H](CO)[C@H](O)C(O)C2O)[C@H](O)C(O)C1O)OC(=O)CCCCCCCCCCC. The van der Waals surface area contributed by atoms with E-state index >= 15 is 0 Å². The van der Waals surface area contributed by atoms with E-state index < -0.39 is 92.7 Å². The van der Waals surface area contributed by atoms with Crippen LogP contribution in [0.2, 0.25) is 0 Å².